The first-order chi connectivity index (χ1) is 12.2. The number of carbonyl (C=O) groups is 1. The molecule has 1 aliphatic rings. The van der Waals surface area contributed by atoms with Gasteiger partial charge in [0.15, 0.2) is 0 Å². The molecule has 0 radical (unpaired) electrons. The third-order valence-electron chi connectivity index (χ3n) is 4.74. The van der Waals surface area contributed by atoms with E-state index in [9.17, 15) is 4.79 Å². The summed E-state index contributed by atoms with van der Waals surface area (Å²) in [7, 11) is 0. The number of hydrogen-bond donors (Lipinski definition) is 1. The number of nitrogens with zero attached hydrogens (tertiary/aromatic N) is 2. The number of aromatic nitrogens is 2. The van der Waals surface area contributed by atoms with Crippen LogP contribution in [0.25, 0.3) is 10.9 Å². The van der Waals surface area contributed by atoms with Gasteiger partial charge < -0.3 is 4.90 Å². The highest BCUT2D eigenvalue weighted by molar-refractivity contribution is 7.98. The number of nitrogens with one attached hydrogen (secondary N) is 1. The summed E-state index contributed by atoms with van der Waals surface area (Å²) in [4.78, 5) is 15.1. The van der Waals surface area contributed by atoms with Gasteiger partial charge in [-0.3, -0.25) is 9.89 Å². The number of hydrogen-bond acceptors (Lipinski definition) is 3. The second-order valence-electron chi connectivity index (χ2n) is 6.20. The van der Waals surface area contributed by atoms with Crippen molar-refractivity contribution in [3.63, 3.8) is 0 Å². The van der Waals surface area contributed by atoms with Crippen molar-refractivity contribution in [2.75, 3.05) is 12.8 Å². The summed E-state index contributed by atoms with van der Waals surface area (Å²) in [6, 6.07) is 13.7. The highest BCUT2D eigenvalue weighted by atomic mass is 35.5. The molecule has 1 aliphatic heterocycles. The van der Waals surface area contributed by atoms with Crippen LogP contribution in [0.5, 0.6) is 0 Å². The second kappa shape index (κ2) is 6.73. The molecule has 0 spiro atoms. The minimum atomic E-state index is 0.0765. The topological polar surface area (TPSA) is 49.0 Å². The molecule has 0 aliphatic carbocycles. The average molecular weight is 372 g/mol. The molecule has 1 amide bonds. The smallest absolute Gasteiger partial charge is 0.254 e. The van der Waals surface area contributed by atoms with Gasteiger partial charge in [-0.25, -0.2) is 0 Å². The van der Waals surface area contributed by atoms with E-state index in [0.717, 1.165) is 45.9 Å². The van der Waals surface area contributed by atoms with Crippen LogP contribution in [0.2, 0.25) is 5.02 Å². The van der Waals surface area contributed by atoms with Crippen LogP contribution in [0.4, 0.5) is 0 Å². The molecule has 3 aromatic rings. The van der Waals surface area contributed by atoms with Gasteiger partial charge in [0.25, 0.3) is 5.91 Å². The zero-order chi connectivity index (χ0) is 17.4. The Hall–Kier alpha value is -1.98. The van der Waals surface area contributed by atoms with E-state index in [0.29, 0.717) is 5.56 Å². The van der Waals surface area contributed by atoms with Crippen molar-refractivity contribution in [2.24, 2.45) is 0 Å². The summed E-state index contributed by atoms with van der Waals surface area (Å²) >= 11 is 7.57. The minimum absolute atomic E-state index is 0.0765. The molecule has 25 heavy (non-hydrogen) atoms. The van der Waals surface area contributed by atoms with Crippen molar-refractivity contribution < 1.29 is 4.79 Å². The lowest BCUT2D eigenvalue weighted by Crippen LogP contribution is -2.30. The predicted octanol–water partition coefficient (Wildman–Crippen LogP) is 4.92. The molecule has 0 saturated carbocycles. The van der Waals surface area contributed by atoms with E-state index in [-0.39, 0.29) is 11.9 Å². The molecule has 4 rings (SSSR count). The van der Waals surface area contributed by atoms with Gasteiger partial charge in [0.1, 0.15) is 5.03 Å². The SMILES string of the molecule is CSc1n[nH]c2ccc(C(=O)N3CCCC3c3ccc(Cl)cc3)cc12. The number of halogens is 1. The molecule has 1 aromatic heterocycles. The molecule has 1 atom stereocenters. The highest BCUT2D eigenvalue weighted by Crippen LogP contribution is 2.34. The van der Waals surface area contributed by atoms with Crippen LogP contribution >= 0.6 is 23.4 Å². The van der Waals surface area contributed by atoms with Gasteiger partial charge >= 0.3 is 0 Å². The summed E-state index contributed by atoms with van der Waals surface area (Å²) in [5.74, 6) is 0.0765. The lowest BCUT2D eigenvalue weighted by Gasteiger charge is -2.25. The number of rotatable bonds is 3. The van der Waals surface area contributed by atoms with Crippen LogP contribution < -0.4 is 0 Å². The molecular weight excluding hydrogens is 354 g/mol. The summed E-state index contributed by atoms with van der Waals surface area (Å²) in [5, 5.41) is 9.92. The van der Waals surface area contributed by atoms with Crippen molar-refractivity contribution in [2.45, 2.75) is 23.9 Å². The zero-order valence-corrected chi connectivity index (χ0v) is 15.4. The van der Waals surface area contributed by atoms with E-state index in [1.807, 2.05) is 53.6 Å². The number of fused-ring (bicyclic) bond motifs is 1. The first kappa shape index (κ1) is 16.5. The summed E-state index contributed by atoms with van der Waals surface area (Å²) in [6.45, 7) is 0.783. The van der Waals surface area contributed by atoms with Crippen LogP contribution in [-0.4, -0.2) is 33.8 Å². The van der Waals surface area contributed by atoms with Gasteiger partial charge in [0.2, 0.25) is 0 Å². The summed E-state index contributed by atoms with van der Waals surface area (Å²) in [6.07, 6.45) is 3.99. The van der Waals surface area contributed by atoms with Crippen LogP contribution in [0, 0.1) is 0 Å². The van der Waals surface area contributed by atoms with Crippen molar-refractivity contribution >= 4 is 40.2 Å². The molecule has 128 valence electrons. The standard InChI is InChI=1S/C19H18ClN3OS/c1-25-18-15-11-13(6-9-16(15)21-22-18)19(24)23-10-2-3-17(23)12-4-7-14(20)8-5-12/h4-9,11,17H,2-3,10H2,1H3,(H,21,22). The number of aromatic amines is 1. The maximum Gasteiger partial charge on any atom is 0.254 e. The molecule has 6 heteroatoms. The van der Waals surface area contributed by atoms with Gasteiger partial charge in [0.05, 0.1) is 11.6 Å². The van der Waals surface area contributed by atoms with Crippen LogP contribution in [0.3, 0.4) is 0 Å². The predicted molar refractivity (Wildman–Crippen MR) is 102 cm³/mol. The number of thioether (sulfide) groups is 1. The molecule has 0 bridgehead atoms. The molecule has 2 aromatic carbocycles. The molecule has 2 heterocycles. The number of carbonyl (C=O) groups excluding carboxylic acids is 1. The van der Waals surface area contributed by atoms with E-state index in [4.69, 9.17) is 11.6 Å². The largest absolute Gasteiger partial charge is 0.332 e. The number of benzene rings is 2. The van der Waals surface area contributed by atoms with E-state index in [1.54, 1.807) is 11.8 Å². The van der Waals surface area contributed by atoms with Crippen molar-refractivity contribution in [3.8, 4) is 0 Å². The Balaban J connectivity index is 1.66. The Labute approximate surface area is 155 Å². The third-order valence-corrected chi connectivity index (χ3v) is 5.69. The molecular formula is C19H18ClN3OS. The fourth-order valence-corrected chi connectivity index (χ4v) is 4.14. The van der Waals surface area contributed by atoms with Crippen molar-refractivity contribution in [1.82, 2.24) is 15.1 Å². The quantitative estimate of drug-likeness (QED) is 0.665. The lowest BCUT2D eigenvalue weighted by molar-refractivity contribution is 0.0736. The number of likely N-dealkylation sites (tertiary alicyclic amines) is 1. The first-order valence-electron chi connectivity index (χ1n) is 8.26. The van der Waals surface area contributed by atoms with E-state index < -0.39 is 0 Å². The molecule has 4 nitrogen and oxygen atoms in total. The third kappa shape index (κ3) is 3.02. The van der Waals surface area contributed by atoms with Gasteiger partial charge in [-0.1, -0.05) is 23.7 Å². The Morgan fingerprint density at radius 3 is 2.84 bits per heavy atom. The maximum absolute atomic E-state index is 13.1. The summed E-state index contributed by atoms with van der Waals surface area (Å²) in [5.41, 5.74) is 2.81. The van der Waals surface area contributed by atoms with E-state index in [1.165, 1.54) is 0 Å². The van der Waals surface area contributed by atoms with Gasteiger partial charge in [-0.2, -0.15) is 5.10 Å². The van der Waals surface area contributed by atoms with Gasteiger partial charge in [0, 0.05) is 22.5 Å². The Morgan fingerprint density at radius 2 is 2.08 bits per heavy atom. The Kier molecular flexibility index (Phi) is 4.44. The Morgan fingerprint density at radius 1 is 1.28 bits per heavy atom. The zero-order valence-electron chi connectivity index (χ0n) is 13.8. The number of H-pyrrole nitrogens is 1. The lowest BCUT2D eigenvalue weighted by atomic mass is 10.0. The molecule has 1 N–H and O–H groups in total. The van der Waals surface area contributed by atoms with Crippen LogP contribution in [0.1, 0.15) is 34.8 Å². The average Bonchev–Trinajstić information content (AvgIpc) is 3.28. The highest BCUT2D eigenvalue weighted by Gasteiger charge is 2.30. The van der Waals surface area contributed by atoms with Gasteiger partial charge in [-0.15, -0.1) is 11.8 Å². The first-order valence-corrected chi connectivity index (χ1v) is 9.86. The Bertz CT molecular complexity index is 922. The fourth-order valence-electron chi connectivity index (χ4n) is 3.49. The normalized spacial score (nSPS) is 17.4. The van der Waals surface area contributed by atoms with Crippen LogP contribution in [-0.2, 0) is 0 Å². The fraction of sp³-hybridized carbons (Fsp3) is 0.263. The van der Waals surface area contributed by atoms with E-state index in [2.05, 4.69) is 10.2 Å². The van der Waals surface area contributed by atoms with Gasteiger partial charge in [-0.05, 0) is 55.0 Å². The minimum Gasteiger partial charge on any atom is -0.332 e. The molecule has 1 unspecified atom stereocenters. The molecule has 1 fully saturated rings. The maximum atomic E-state index is 13.1. The summed E-state index contributed by atoms with van der Waals surface area (Å²) < 4.78 is 0. The number of amides is 1. The van der Waals surface area contributed by atoms with Crippen molar-refractivity contribution in [1.29, 1.82) is 0 Å². The second-order valence-corrected chi connectivity index (χ2v) is 7.43. The van der Waals surface area contributed by atoms with Crippen LogP contribution in [0.15, 0.2) is 47.5 Å². The molecule has 1 saturated heterocycles. The van der Waals surface area contributed by atoms with E-state index >= 15 is 0 Å². The van der Waals surface area contributed by atoms with Crippen molar-refractivity contribution in [3.05, 3.63) is 58.6 Å². The monoisotopic (exact) mass is 371 g/mol.